The second-order valence-electron chi connectivity index (χ2n) is 3.60. The summed E-state index contributed by atoms with van der Waals surface area (Å²) in [6.45, 7) is 2.90. The van der Waals surface area contributed by atoms with E-state index in [4.69, 9.17) is 14.1 Å². The first-order valence-electron chi connectivity index (χ1n) is 5.25. The largest absolute Gasteiger partial charge is 0.465 e. The van der Waals surface area contributed by atoms with E-state index in [9.17, 15) is 4.79 Å². The van der Waals surface area contributed by atoms with Crippen molar-refractivity contribution in [2.45, 2.75) is 19.8 Å². The minimum absolute atomic E-state index is 0.0774. The molecule has 0 aliphatic carbocycles. The van der Waals surface area contributed by atoms with E-state index in [1.54, 1.807) is 13.0 Å². The van der Waals surface area contributed by atoms with Gasteiger partial charge in [-0.2, -0.15) is 0 Å². The van der Waals surface area contributed by atoms with Gasteiger partial charge < -0.3 is 9.26 Å². The minimum atomic E-state index is -0.194. The van der Waals surface area contributed by atoms with Crippen LogP contribution in [0.15, 0.2) is 10.6 Å². The average Bonchev–Trinajstić information content (AvgIpc) is 2.73. The fraction of sp³-hybridized carbons (Fsp3) is 0.600. The number of hydroxylamine groups is 2. The van der Waals surface area contributed by atoms with E-state index >= 15 is 0 Å². The fourth-order valence-electron chi connectivity index (χ4n) is 1.41. The Labute approximate surface area is 93.0 Å². The maximum absolute atomic E-state index is 11.6. The van der Waals surface area contributed by atoms with Gasteiger partial charge in [0.05, 0.1) is 6.61 Å². The topological polar surface area (TPSA) is 64.8 Å². The van der Waals surface area contributed by atoms with Gasteiger partial charge in [-0.25, -0.2) is 5.06 Å². The lowest BCUT2D eigenvalue weighted by Gasteiger charge is -2.25. The van der Waals surface area contributed by atoms with Gasteiger partial charge in [-0.3, -0.25) is 9.63 Å². The van der Waals surface area contributed by atoms with Crippen LogP contribution in [0.2, 0.25) is 0 Å². The first-order valence-corrected chi connectivity index (χ1v) is 5.25. The van der Waals surface area contributed by atoms with Crippen LogP contribution in [0.3, 0.4) is 0 Å². The molecule has 0 atom stereocenters. The molecule has 0 radical (unpaired) electrons. The zero-order chi connectivity index (χ0) is 11.4. The lowest BCUT2D eigenvalue weighted by molar-refractivity contribution is -0.198. The monoisotopic (exact) mass is 226 g/mol. The van der Waals surface area contributed by atoms with Crippen molar-refractivity contribution in [3.63, 3.8) is 0 Å². The van der Waals surface area contributed by atoms with Gasteiger partial charge in [-0.05, 0) is 24.9 Å². The molecule has 0 aromatic carbocycles. The Morgan fingerprint density at radius 1 is 1.62 bits per heavy atom. The minimum Gasteiger partial charge on any atom is -0.465 e. The predicted octanol–water partition coefficient (Wildman–Crippen LogP) is 0.916. The third-order valence-corrected chi connectivity index (χ3v) is 2.23. The van der Waals surface area contributed by atoms with Crippen LogP contribution in [-0.2, 0) is 9.63 Å². The normalized spacial score (nSPS) is 16.2. The van der Waals surface area contributed by atoms with Crippen molar-refractivity contribution >= 4 is 5.91 Å². The van der Waals surface area contributed by atoms with E-state index in [1.165, 1.54) is 5.06 Å². The van der Waals surface area contributed by atoms with Crippen molar-refractivity contribution in [1.82, 2.24) is 10.2 Å². The number of nitrogens with zero attached hydrogens (tertiary/aromatic N) is 2. The smallest absolute Gasteiger partial charge is 0.284 e. The highest BCUT2D eigenvalue weighted by atomic mass is 16.7. The summed E-state index contributed by atoms with van der Waals surface area (Å²) in [4.78, 5) is 16.8. The molecule has 16 heavy (non-hydrogen) atoms. The van der Waals surface area contributed by atoms with Crippen molar-refractivity contribution in [1.29, 1.82) is 0 Å². The molecule has 1 aromatic heterocycles. The van der Waals surface area contributed by atoms with Crippen LogP contribution in [0, 0.1) is 6.92 Å². The van der Waals surface area contributed by atoms with E-state index < -0.39 is 0 Å². The lowest BCUT2D eigenvalue weighted by atomic mass is 10.3. The summed E-state index contributed by atoms with van der Waals surface area (Å²) >= 11 is 0. The van der Waals surface area contributed by atoms with Gasteiger partial charge in [0.25, 0.3) is 11.8 Å². The summed E-state index contributed by atoms with van der Waals surface area (Å²) in [5.74, 6) is 0.778. The van der Waals surface area contributed by atoms with Crippen molar-refractivity contribution in [2.24, 2.45) is 0 Å². The van der Waals surface area contributed by atoms with Crippen LogP contribution in [-0.4, -0.2) is 35.9 Å². The molecular weight excluding hydrogens is 212 g/mol. The van der Waals surface area contributed by atoms with Gasteiger partial charge in [0.15, 0.2) is 6.61 Å². The molecule has 0 N–H and O–H groups in total. The molecule has 1 aliphatic heterocycles. The number of carbonyl (C=O) groups excluding carboxylic acids is 1. The Morgan fingerprint density at radius 3 is 3.12 bits per heavy atom. The molecule has 2 heterocycles. The number of ether oxygens (including phenoxy) is 1. The zero-order valence-electron chi connectivity index (χ0n) is 9.14. The number of aromatic nitrogens is 1. The van der Waals surface area contributed by atoms with Crippen LogP contribution in [0.1, 0.15) is 18.6 Å². The third kappa shape index (κ3) is 2.73. The summed E-state index contributed by atoms with van der Waals surface area (Å²) in [5, 5.41) is 4.97. The van der Waals surface area contributed by atoms with E-state index in [0.29, 0.717) is 24.8 Å². The van der Waals surface area contributed by atoms with Crippen LogP contribution in [0.5, 0.6) is 5.88 Å². The quantitative estimate of drug-likeness (QED) is 0.766. The van der Waals surface area contributed by atoms with Crippen LogP contribution >= 0.6 is 0 Å². The Morgan fingerprint density at radius 2 is 2.50 bits per heavy atom. The molecule has 0 spiro atoms. The molecule has 6 heteroatoms. The Bertz CT molecular complexity index is 357. The van der Waals surface area contributed by atoms with E-state index in [0.717, 1.165) is 12.8 Å². The van der Waals surface area contributed by atoms with E-state index in [2.05, 4.69) is 5.16 Å². The van der Waals surface area contributed by atoms with Gasteiger partial charge in [-0.1, -0.05) is 0 Å². The second-order valence-corrected chi connectivity index (χ2v) is 3.60. The van der Waals surface area contributed by atoms with Crippen molar-refractivity contribution < 1.29 is 18.9 Å². The van der Waals surface area contributed by atoms with Gasteiger partial charge in [-0.15, -0.1) is 0 Å². The summed E-state index contributed by atoms with van der Waals surface area (Å²) in [5.41, 5.74) is 0. The number of rotatable bonds is 3. The number of amides is 1. The lowest BCUT2D eigenvalue weighted by Crippen LogP contribution is -2.38. The number of carbonyl (C=O) groups is 1. The highest BCUT2D eigenvalue weighted by Gasteiger charge is 2.18. The molecule has 0 unspecified atom stereocenters. The Hall–Kier alpha value is -1.56. The molecule has 0 bridgehead atoms. The molecule has 0 saturated carbocycles. The first kappa shape index (κ1) is 10.9. The van der Waals surface area contributed by atoms with Crippen molar-refractivity contribution in [2.75, 3.05) is 19.8 Å². The van der Waals surface area contributed by atoms with Gasteiger partial charge in [0.2, 0.25) is 0 Å². The van der Waals surface area contributed by atoms with Crippen LogP contribution < -0.4 is 4.74 Å². The summed E-state index contributed by atoms with van der Waals surface area (Å²) in [6, 6.07) is 1.63. The SMILES string of the molecule is Cc1cc(OCC(=O)N2CCCCO2)no1. The fourth-order valence-corrected chi connectivity index (χ4v) is 1.41. The number of hydrogen-bond donors (Lipinski definition) is 0. The predicted molar refractivity (Wildman–Crippen MR) is 53.6 cm³/mol. The summed E-state index contributed by atoms with van der Waals surface area (Å²) in [7, 11) is 0. The summed E-state index contributed by atoms with van der Waals surface area (Å²) < 4.78 is 9.98. The Balaban J connectivity index is 1.78. The molecule has 1 aromatic rings. The molecule has 2 rings (SSSR count). The Kier molecular flexibility index (Phi) is 3.40. The first-order chi connectivity index (χ1) is 7.75. The molecule has 88 valence electrons. The molecule has 6 nitrogen and oxygen atoms in total. The third-order valence-electron chi connectivity index (χ3n) is 2.23. The van der Waals surface area contributed by atoms with E-state index in [1.807, 2.05) is 0 Å². The highest BCUT2D eigenvalue weighted by molar-refractivity contribution is 5.76. The van der Waals surface area contributed by atoms with E-state index in [-0.39, 0.29) is 12.5 Å². The molecule has 1 saturated heterocycles. The van der Waals surface area contributed by atoms with Crippen molar-refractivity contribution in [3.05, 3.63) is 11.8 Å². The average molecular weight is 226 g/mol. The molecule has 1 aliphatic rings. The van der Waals surface area contributed by atoms with Crippen molar-refractivity contribution in [3.8, 4) is 5.88 Å². The number of hydrogen-bond acceptors (Lipinski definition) is 5. The van der Waals surface area contributed by atoms with Crippen LogP contribution in [0.4, 0.5) is 0 Å². The second kappa shape index (κ2) is 4.98. The molecule has 1 fully saturated rings. The maximum atomic E-state index is 11.6. The molecule has 1 amide bonds. The number of aryl methyl sites for hydroxylation is 1. The zero-order valence-corrected chi connectivity index (χ0v) is 9.14. The van der Waals surface area contributed by atoms with Crippen LogP contribution in [0.25, 0.3) is 0 Å². The standard InChI is InChI=1S/C10H14N2O4/c1-8-6-9(11-16-8)14-7-10(13)12-4-2-3-5-15-12/h6H,2-5,7H2,1H3. The van der Waals surface area contributed by atoms with Gasteiger partial charge in [0.1, 0.15) is 5.76 Å². The maximum Gasteiger partial charge on any atom is 0.284 e. The van der Waals surface area contributed by atoms with Gasteiger partial charge >= 0.3 is 0 Å². The summed E-state index contributed by atoms with van der Waals surface area (Å²) in [6.07, 6.45) is 1.96. The molecular formula is C10H14N2O4. The highest BCUT2D eigenvalue weighted by Crippen LogP contribution is 2.11. The van der Waals surface area contributed by atoms with Gasteiger partial charge in [0, 0.05) is 12.6 Å².